The molecule has 9 nitrogen and oxygen atoms in total. The molecule has 2 aromatic heterocycles. The van der Waals surface area contributed by atoms with Gasteiger partial charge in [0.15, 0.2) is 5.11 Å². The predicted octanol–water partition coefficient (Wildman–Crippen LogP) is 4.18. The molecule has 1 fully saturated rings. The third-order valence-corrected chi connectivity index (χ3v) is 5.82. The highest BCUT2D eigenvalue weighted by molar-refractivity contribution is 7.80. The Kier molecular flexibility index (Phi) is 6.64. The first-order valence-electron chi connectivity index (χ1n) is 10.4. The molecule has 3 heterocycles. The summed E-state index contributed by atoms with van der Waals surface area (Å²) < 4.78 is 10.9. The molecular formula is C23H22N4O5S. The average molecular weight is 467 g/mol. The number of carbonyl (C=O) groups is 1. The number of methoxy groups -OCH3 is 1. The summed E-state index contributed by atoms with van der Waals surface area (Å²) in [5.74, 6) is 0.871. The summed E-state index contributed by atoms with van der Waals surface area (Å²) in [5, 5.41) is 15.0. The van der Waals surface area contributed by atoms with E-state index in [9.17, 15) is 14.9 Å². The van der Waals surface area contributed by atoms with Crippen LogP contribution in [0.25, 0.3) is 11.3 Å². The Morgan fingerprint density at radius 3 is 2.85 bits per heavy atom. The fourth-order valence-electron chi connectivity index (χ4n) is 3.89. The SMILES string of the molecule is COC(=O)CCCN1C(=S)NC(c2ccccn2)C1c1ccc(-c2cccc([N+](=O)[O-])c2)o1. The highest BCUT2D eigenvalue weighted by Crippen LogP contribution is 2.40. The lowest BCUT2D eigenvalue weighted by Gasteiger charge is -2.25. The molecular weight excluding hydrogens is 444 g/mol. The van der Waals surface area contributed by atoms with E-state index in [-0.39, 0.29) is 30.2 Å². The molecule has 1 N–H and O–H groups in total. The van der Waals surface area contributed by atoms with Crippen LogP contribution in [0.3, 0.4) is 0 Å². The van der Waals surface area contributed by atoms with Crippen LogP contribution in [0, 0.1) is 10.1 Å². The zero-order chi connectivity index (χ0) is 23.4. The molecule has 0 spiro atoms. The number of hydrogen-bond donors (Lipinski definition) is 1. The van der Waals surface area contributed by atoms with Crippen LogP contribution in [-0.2, 0) is 9.53 Å². The molecule has 2 atom stereocenters. The molecule has 1 aliphatic rings. The average Bonchev–Trinajstić information content (AvgIpc) is 3.44. The van der Waals surface area contributed by atoms with Crippen molar-refractivity contribution in [1.29, 1.82) is 0 Å². The molecule has 0 radical (unpaired) electrons. The standard InChI is InChI=1S/C23H22N4O5S/c1-31-20(28)9-5-13-26-22(21(25-23(26)33)17-8-2-3-12-24-17)19-11-10-18(32-19)15-6-4-7-16(14-15)27(29)30/h2-4,6-8,10-12,14,21-22H,5,9,13H2,1H3,(H,25,33). The van der Waals surface area contributed by atoms with E-state index >= 15 is 0 Å². The van der Waals surface area contributed by atoms with Gasteiger partial charge in [0.25, 0.3) is 5.69 Å². The summed E-state index contributed by atoms with van der Waals surface area (Å²) in [4.78, 5) is 28.8. The quantitative estimate of drug-likeness (QED) is 0.226. The Balaban J connectivity index is 1.66. The molecule has 4 rings (SSSR count). The smallest absolute Gasteiger partial charge is 0.305 e. The molecule has 0 saturated carbocycles. The fraction of sp³-hybridized carbons (Fsp3) is 0.261. The van der Waals surface area contributed by atoms with Gasteiger partial charge in [0.1, 0.15) is 17.6 Å². The number of pyridine rings is 1. The maximum Gasteiger partial charge on any atom is 0.305 e. The van der Waals surface area contributed by atoms with Crippen LogP contribution >= 0.6 is 12.2 Å². The third kappa shape index (κ3) is 4.85. The van der Waals surface area contributed by atoms with Crippen molar-refractivity contribution in [2.75, 3.05) is 13.7 Å². The predicted molar refractivity (Wildman–Crippen MR) is 124 cm³/mol. The van der Waals surface area contributed by atoms with Crippen molar-refractivity contribution >= 4 is 29.0 Å². The second-order valence-corrected chi connectivity index (χ2v) is 7.90. The van der Waals surface area contributed by atoms with Crippen LogP contribution in [0.4, 0.5) is 5.69 Å². The maximum atomic E-state index is 11.6. The molecule has 0 bridgehead atoms. The second-order valence-electron chi connectivity index (χ2n) is 7.51. The van der Waals surface area contributed by atoms with E-state index < -0.39 is 4.92 Å². The topological polar surface area (TPSA) is 111 Å². The molecule has 170 valence electrons. The highest BCUT2D eigenvalue weighted by atomic mass is 32.1. The number of nitro groups is 1. The summed E-state index contributed by atoms with van der Waals surface area (Å²) >= 11 is 5.60. The first-order chi connectivity index (χ1) is 16.0. The number of ether oxygens (including phenoxy) is 1. The normalized spacial score (nSPS) is 17.6. The number of carbonyl (C=O) groups excluding carboxylic acids is 1. The molecule has 1 aromatic carbocycles. The van der Waals surface area contributed by atoms with Crippen molar-refractivity contribution in [2.24, 2.45) is 0 Å². The summed E-state index contributed by atoms with van der Waals surface area (Å²) in [5.41, 5.74) is 1.40. The summed E-state index contributed by atoms with van der Waals surface area (Å²) in [7, 11) is 1.36. The number of nitro benzene ring substituents is 1. The van der Waals surface area contributed by atoms with Gasteiger partial charge < -0.3 is 19.4 Å². The first kappa shape index (κ1) is 22.4. The van der Waals surface area contributed by atoms with Crippen LogP contribution < -0.4 is 5.32 Å². The van der Waals surface area contributed by atoms with Gasteiger partial charge in [0, 0.05) is 36.9 Å². The van der Waals surface area contributed by atoms with Crippen LogP contribution in [0.5, 0.6) is 0 Å². The van der Waals surface area contributed by atoms with E-state index in [1.807, 2.05) is 29.2 Å². The Hall–Kier alpha value is -3.79. The van der Waals surface area contributed by atoms with E-state index in [4.69, 9.17) is 21.4 Å². The summed E-state index contributed by atoms with van der Waals surface area (Å²) in [6.07, 6.45) is 2.54. The molecule has 33 heavy (non-hydrogen) atoms. The van der Waals surface area contributed by atoms with E-state index in [2.05, 4.69) is 10.3 Å². The lowest BCUT2D eigenvalue weighted by atomic mass is 10.0. The van der Waals surface area contributed by atoms with Gasteiger partial charge >= 0.3 is 5.97 Å². The lowest BCUT2D eigenvalue weighted by molar-refractivity contribution is -0.384. The fourth-order valence-corrected chi connectivity index (χ4v) is 4.22. The molecule has 10 heteroatoms. The maximum absolute atomic E-state index is 11.6. The zero-order valence-corrected chi connectivity index (χ0v) is 18.7. The monoisotopic (exact) mass is 466 g/mol. The van der Waals surface area contributed by atoms with Gasteiger partial charge in [-0.15, -0.1) is 0 Å². The van der Waals surface area contributed by atoms with Crippen LogP contribution in [0.15, 0.2) is 65.2 Å². The van der Waals surface area contributed by atoms with Crippen molar-refractivity contribution in [2.45, 2.75) is 24.9 Å². The Labute approximate surface area is 195 Å². The second kappa shape index (κ2) is 9.78. The number of esters is 1. The minimum absolute atomic E-state index is 0.00930. The summed E-state index contributed by atoms with van der Waals surface area (Å²) in [6, 6.07) is 15.0. The summed E-state index contributed by atoms with van der Waals surface area (Å²) in [6.45, 7) is 0.516. The van der Waals surface area contributed by atoms with Gasteiger partial charge in [-0.1, -0.05) is 18.2 Å². The minimum Gasteiger partial charge on any atom is -0.469 e. The van der Waals surface area contributed by atoms with Gasteiger partial charge in [0.2, 0.25) is 0 Å². The van der Waals surface area contributed by atoms with Gasteiger partial charge in [-0.05, 0) is 42.9 Å². The molecule has 1 saturated heterocycles. The zero-order valence-electron chi connectivity index (χ0n) is 17.8. The van der Waals surface area contributed by atoms with E-state index in [1.54, 1.807) is 24.4 Å². The molecule has 2 unspecified atom stereocenters. The lowest BCUT2D eigenvalue weighted by Crippen LogP contribution is -2.30. The van der Waals surface area contributed by atoms with Crippen molar-refractivity contribution in [1.82, 2.24) is 15.2 Å². The number of aromatic nitrogens is 1. The van der Waals surface area contributed by atoms with Crippen molar-refractivity contribution in [3.63, 3.8) is 0 Å². The van der Waals surface area contributed by atoms with Gasteiger partial charge in [-0.3, -0.25) is 19.9 Å². The first-order valence-corrected chi connectivity index (χ1v) is 10.8. The molecule has 3 aromatic rings. The third-order valence-electron chi connectivity index (χ3n) is 5.47. The number of furan rings is 1. The molecule has 0 aliphatic carbocycles. The van der Waals surface area contributed by atoms with E-state index in [0.29, 0.717) is 35.2 Å². The van der Waals surface area contributed by atoms with Crippen LogP contribution in [0.1, 0.15) is 36.4 Å². The Morgan fingerprint density at radius 2 is 2.12 bits per heavy atom. The van der Waals surface area contributed by atoms with E-state index in [0.717, 1.165) is 5.69 Å². The number of nitrogens with one attached hydrogen (secondary N) is 1. The number of nitrogens with zero attached hydrogens (tertiary/aromatic N) is 3. The van der Waals surface area contributed by atoms with E-state index in [1.165, 1.54) is 19.2 Å². The van der Waals surface area contributed by atoms with Crippen LogP contribution in [-0.4, -0.2) is 39.5 Å². The van der Waals surface area contributed by atoms with Crippen molar-refractivity contribution in [3.05, 3.63) is 82.4 Å². The minimum atomic E-state index is -0.438. The van der Waals surface area contributed by atoms with Crippen molar-refractivity contribution < 1.29 is 18.9 Å². The van der Waals surface area contributed by atoms with Gasteiger partial charge in [-0.25, -0.2) is 0 Å². The number of rotatable bonds is 8. The number of hydrogen-bond acceptors (Lipinski definition) is 7. The molecule has 0 amide bonds. The van der Waals surface area contributed by atoms with Gasteiger partial charge in [-0.2, -0.15) is 0 Å². The van der Waals surface area contributed by atoms with Gasteiger partial charge in [0.05, 0.1) is 23.8 Å². The number of thiocarbonyl (C=S) groups is 1. The Morgan fingerprint density at radius 1 is 1.27 bits per heavy atom. The Bertz CT molecular complexity index is 1170. The number of non-ortho nitro benzene ring substituents is 1. The number of benzene rings is 1. The largest absolute Gasteiger partial charge is 0.469 e. The van der Waals surface area contributed by atoms with Crippen LogP contribution in [0.2, 0.25) is 0 Å². The van der Waals surface area contributed by atoms with Crippen molar-refractivity contribution in [3.8, 4) is 11.3 Å². The highest BCUT2D eigenvalue weighted by Gasteiger charge is 2.41. The molecule has 1 aliphatic heterocycles.